The number of para-hydroxylation sites is 1. The molecule has 2 fully saturated rings. The molecule has 2 aliphatic rings. The summed E-state index contributed by atoms with van der Waals surface area (Å²) in [4.78, 5) is 122. The van der Waals surface area contributed by atoms with E-state index in [-0.39, 0.29) is 31.1 Å². The number of nitrogens with one attached hydrogen (secondary N) is 7. The zero-order chi connectivity index (χ0) is 52.7. The lowest BCUT2D eigenvalue weighted by atomic mass is 9.82. The molecule has 8 atom stereocenters. The second-order valence-corrected chi connectivity index (χ2v) is 20.3. The Morgan fingerprint density at radius 3 is 2.01 bits per heavy atom. The van der Waals surface area contributed by atoms with Gasteiger partial charge < -0.3 is 52.1 Å². The van der Waals surface area contributed by atoms with Crippen molar-refractivity contribution in [3.63, 3.8) is 0 Å². The van der Waals surface area contributed by atoms with Crippen molar-refractivity contribution in [3.8, 4) is 0 Å². The van der Waals surface area contributed by atoms with Gasteiger partial charge in [0.1, 0.15) is 29.9 Å². The maximum atomic E-state index is 14.6. The Kier molecular flexibility index (Phi) is 20.2. The van der Waals surface area contributed by atoms with Gasteiger partial charge in [-0.25, -0.2) is 9.78 Å². The maximum Gasteiger partial charge on any atom is 0.321 e. The Morgan fingerprint density at radius 2 is 1.43 bits per heavy atom. The van der Waals surface area contributed by atoms with Crippen LogP contribution in [0.4, 0.5) is 10.5 Å². The van der Waals surface area contributed by atoms with E-state index >= 15 is 0 Å². The number of carbonyl (C=O) groups is 8. The third-order valence-electron chi connectivity index (χ3n) is 13.1. The Bertz CT molecular complexity index is 2330. The molecule has 1 aromatic heterocycles. The summed E-state index contributed by atoms with van der Waals surface area (Å²) < 4.78 is 0. The number of aliphatic hydroxyl groups is 1. The highest BCUT2D eigenvalue weighted by atomic mass is 16.3. The molecule has 20 nitrogen and oxygen atoms in total. The molecule has 390 valence electrons. The number of likely N-dealkylation sites (N-methyl/N-ethyl adjacent to an activating group) is 1. The van der Waals surface area contributed by atoms with Crippen molar-refractivity contribution in [3.05, 3.63) is 90.5 Å². The molecule has 3 aromatic rings. The van der Waals surface area contributed by atoms with E-state index in [1.165, 1.54) is 28.4 Å². The number of aliphatic hydroxyl groups excluding tert-OH is 1. The molecule has 1 saturated heterocycles. The van der Waals surface area contributed by atoms with Crippen LogP contribution in [0, 0.1) is 23.2 Å². The van der Waals surface area contributed by atoms with Crippen LogP contribution >= 0.6 is 0 Å². The van der Waals surface area contributed by atoms with Crippen LogP contribution in [0.25, 0.3) is 0 Å². The largest absolute Gasteiger partial charge is 0.381 e. The van der Waals surface area contributed by atoms with Crippen LogP contribution in [0.2, 0.25) is 0 Å². The monoisotopic (exact) mass is 996 g/mol. The lowest BCUT2D eigenvalue weighted by Gasteiger charge is -2.35. The number of aromatic nitrogens is 2. The number of anilines is 1. The average Bonchev–Trinajstić information content (AvgIpc) is 3.79. The lowest BCUT2D eigenvalue weighted by molar-refractivity contribution is -0.139. The van der Waals surface area contributed by atoms with E-state index in [0.29, 0.717) is 30.5 Å². The smallest absolute Gasteiger partial charge is 0.321 e. The van der Waals surface area contributed by atoms with Gasteiger partial charge in [-0.2, -0.15) is 0 Å². The molecule has 5 rings (SSSR count). The molecule has 1 saturated carbocycles. The van der Waals surface area contributed by atoms with Gasteiger partial charge in [0.15, 0.2) is 6.10 Å². The van der Waals surface area contributed by atoms with E-state index in [0.717, 1.165) is 19.3 Å². The van der Waals surface area contributed by atoms with Gasteiger partial charge in [0, 0.05) is 45.3 Å². The summed E-state index contributed by atoms with van der Waals surface area (Å²) in [6.07, 6.45) is 6.89. The second kappa shape index (κ2) is 25.9. The fourth-order valence-electron chi connectivity index (χ4n) is 9.06. The number of carbonyl (C=O) groups excluding carboxylic acids is 8. The molecule has 1 unspecified atom stereocenters. The van der Waals surface area contributed by atoms with Crippen LogP contribution in [0.3, 0.4) is 0 Å². The number of rotatable bonds is 20. The minimum absolute atomic E-state index is 0.0335. The summed E-state index contributed by atoms with van der Waals surface area (Å²) in [6, 6.07) is 10.2. The van der Waals surface area contributed by atoms with Gasteiger partial charge in [-0.15, -0.1) is 0 Å². The highest BCUT2D eigenvalue weighted by Crippen LogP contribution is 2.29. The van der Waals surface area contributed by atoms with Gasteiger partial charge in [0.05, 0.1) is 24.2 Å². The van der Waals surface area contributed by atoms with Crippen LogP contribution in [-0.4, -0.2) is 136 Å². The molecule has 2 aromatic carbocycles. The van der Waals surface area contributed by atoms with Crippen molar-refractivity contribution >= 4 is 53.1 Å². The third-order valence-corrected chi connectivity index (χ3v) is 13.1. The number of amides is 9. The summed E-state index contributed by atoms with van der Waals surface area (Å²) in [5.74, 6) is -6.29. The van der Waals surface area contributed by atoms with E-state index in [9.17, 15) is 43.5 Å². The minimum Gasteiger partial charge on any atom is -0.381 e. The Morgan fingerprint density at radius 1 is 0.778 bits per heavy atom. The summed E-state index contributed by atoms with van der Waals surface area (Å²) >= 11 is 0. The second-order valence-electron chi connectivity index (χ2n) is 20.3. The average molecular weight is 996 g/mol. The van der Waals surface area contributed by atoms with Gasteiger partial charge in [-0.1, -0.05) is 116 Å². The van der Waals surface area contributed by atoms with Gasteiger partial charge in [-0.3, -0.25) is 38.5 Å². The van der Waals surface area contributed by atoms with Crippen molar-refractivity contribution < 1.29 is 43.5 Å². The third kappa shape index (κ3) is 15.3. The quantitative estimate of drug-likeness (QED) is 0.0815. The summed E-state index contributed by atoms with van der Waals surface area (Å²) in [5.41, 5.74) is 0.164. The number of hydrogen-bond acceptors (Lipinski definition) is 11. The predicted octanol–water partition coefficient (Wildman–Crippen LogP) is 3.07. The van der Waals surface area contributed by atoms with E-state index in [1.54, 1.807) is 116 Å². The number of benzene rings is 2. The van der Waals surface area contributed by atoms with Crippen molar-refractivity contribution in [2.24, 2.45) is 23.2 Å². The zero-order valence-electron chi connectivity index (χ0n) is 42.6. The van der Waals surface area contributed by atoms with Crippen molar-refractivity contribution in [2.45, 2.75) is 129 Å². The van der Waals surface area contributed by atoms with Crippen LogP contribution in [-0.2, 0) is 28.8 Å². The Labute approximate surface area is 422 Å². The van der Waals surface area contributed by atoms with Gasteiger partial charge in [0.25, 0.3) is 11.8 Å². The van der Waals surface area contributed by atoms with Crippen LogP contribution in [0.15, 0.2) is 79.3 Å². The fraction of sp³-hybridized carbons (Fsp3) is 0.538. The molecule has 1 aliphatic carbocycles. The van der Waals surface area contributed by atoms with E-state index in [2.05, 4.69) is 47.2 Å². The normalized spacial score (nSPS) is 18.5. The molecule has 0 bridgehead atoms. The molecule has 20 heteroatoms. The first kappa shape index (κ1) is 56.0. The number of hydrogen-bond donors (Lipinski definition) is 8. The Hall–Kier alpha value is -6.96. The lowest BCUT2D eigenvalue weighted by Crippen LogP contribution is -2.61. The molecule has 0 spiro atoms. The van der Waals surface area contributed by atoms with Crippen molar-refractivity contribution in [2.75, 3.05) is 32.5 Å². The van der Waals surface area contributed by atoms with Crippen molar-refractivity contribution in [1.29, 1.82) is 0 Å². The first-order valence-corrected chi connectivity index (χ1v) is 24.8. The summed E-state index contributed by atoms with van der Waals surface area (Å²) in [7, 11) is 3.13. The molecule has 9 amide bonds. The molecule has 0 radical (unpaired) electrons. The topological polar surface area (TPSA) is 273 Å². The van der Waals surface area contributed by atoms with Gasteiger partial charge >= 0.3 is 6.03 Å². The maximum absolute atomic E-state index is 14.6. The standard InChI is InChI=1S/C52H73N11O9/c1-9-19-36(42(64)48(69)58-39(31(2)3)46(67)60-41(50(71)62(7)8)33-22-15-11-16-23-33)56-44(65)35-29-63(51(72)55-34-24-17-12-18-25-34)30-38(35)57-49(70)43(52(4,5)6)61-47(68)40(32-20-13-10-14-21-32)59-45(66)37-28-53-26-27-54-37/h11-12,15-18,22-28,31-32,35-36,38-43,64H,9-10,13-14,19-21,29-30H2,1-8H3,(H,55,72)(H,56,65)(H,57,70)(H,58,69)(H,59,66)(H,60,67)(H,61,68)/t35-,36+,38+,39+,40+,41+,42?,43-/m1/s1. The number of nitrogens with zero attached hydrogens (tertiary/aromatic N) is 4. The van der Waals surface area contributed by atoms with Crippen LogP contribution in [0.1, 0.15) is 109 Å². The van der Waals surface area contributed by atoms with Gasteiger partial charge in [0.2, 0.25) is 29.5 Å². The molecule has 2 heterocycles. The fourth-order valence-corrected chi connectivity index (χ4v) is 9.06. The molecule has 72 heavy (non-hydrogen) atoms. The molecule has 8 N–H and O–H groups in total. The first-order chi connectivity index (χ1) is 34.2. The van der Waals surface area contributed by atoms with E-state index in [4.69, 9.17) is 0 Å². The van der Waals surface area contributed by atoms with Crippen LogP contribution < -0.4 is 37.2 Å². The molecule has 1 aliphatic heterocycles. The zero-order valence-corrected chi connectivity index (χ0v) is 42.6. The number of urea groups is 1. The minimum atomic E-state index is -1.85. The number of likely N-dealkylation sites (tertiary alicyclic amines) is 1. The SMILES string of the molecule is CCC[C@H](NC(=O)[C@@H]1CN(C(=O)Nc2ccccc2)C[C@@H]1NC(=O)[C@@H](NC(=O)[C@@H](NC(=O)c1cnccn1)C1CCCCC1)C(C)(C)C)C(O)C(=O)N[C@H](C(=O)N[C@H](C(=O)N(C)C)c1ccccc1)C(C)C. The van der Waals surface area contributed by atoms with Gasteiger partial charge in [-0.05, 0) is 54.2 Å². The summed E-state index contributed by atoms with van der Waals surface area (Å²) in [5, 5.41) is 31.4. The summed E-state index contributed by atoms with van der Waals surface area (Å²) in [6.45, 7) is 10.2. The molecular weight excluding hydrogens is 923 g/mol. The van der Waals surface area contributed by atoms with E-state index in [1.807, 2.05) is 0 Å². The van der Waals surface area contributed by atoms with Crippen molar-refractivity contribution in [1.82, 2.24) is 51.7 Å². The van der Waals surface area contributed by atoms with Crippen LogP contribution in [0.5, 0.6) is 0 Å². The predicted molar refractivity (Wildman–Crippen MR) is 269 cm³/mol. The highest BCUT2D eigenvalue weighted by Gasteiger charge is 2.45. The first-order valence-electron chi connectivity index (χ1n) is 24.8. The Balaban J connectivity index is 1.36. The highest BCUT2D eigenvalue weighted by molar-refractivity contribution is 5.98. The molecular formula is C52H73N11O9. The van der Waals surface area contributed by atoms with E-state index < -0.39 is 107 Å².